The SMILES string of the molecule is O=C(O)Cc1nnc(SCC2=C(C(=O)O)N3C(=O)C(NC(=O)Cc4cccs4)[C@@H]3SC2)o1. The maximum absolute atomic E-state index is 12.7. The highest BCUT2D eigenvalue weighted by atomic mass is 32.2. The molecule has 1 fully saturated rings. The van der Waals surface area contributed by atoms with Gasteiger partial charge in [0.2, 0.25) is 11.8 Å². The Morgan fingerprint density at radius 2 is 2.09 bits per heavy atom. The number of nitrogens with zero attached hydrogens (tertiary/aromatic N) is 3. The zero-order valence-electron chi connectivity index (χ0n) is 16.2. The summed E-state index contributed by atoms with van der Waals surface area (Å²) in [5, 5.41) is 30.0. The van der Waals surface area contributed by atoms with E-state index in [4.69, 9.17) is 9.52 Å². The molecule has 14 heteroatoms. The van der Waals surface area contributed by atoms with Crippen molar-refractivity contribution in [2.45, 2.75) is 29.5 Å². The van der Waals surface area contributed by atoms with E-state index in [-0.39, 0.29) is 34.9 Å². The fraction of sp³-hybridized carbons (Fsp3) is 0.333. The van der Waals surface area contributed by atoms with Gasteiger partial charge in [0, 0.05) is 16.4 Å². The monoisotopic (exact) mass is 496 g/mol. The van der Waals surface area contributed by atoms with Crippen LogP contribution in [0.1, 0.15) is 10.8 Å². The second-order valence-electron chi connectivity index (χ2n) is 6.79. The fourth-order valence-corrected chi connectivity index (χ4v) is 6.21. The molecule has 4 rings (SSSR count). The third kappa shape index (κ3) is 4.66. The Morgan fingerprint density at radius 1 is 1.28 bits per heavy atom. The fourth-order valence-electron chi connectivity index (χ4n) is 3.24. The average Bonchev–Trinajstić information content (AvgIpc) is 3.41. The first-order valence-electron chi connectivity index (χ1n) is 9.22. The van der Waals surface area contributed by atoms with E-state index in [9.17, 15) is 24.3 Å². The van der Waals surface area contributed by atoms with Crippen LogP contribution in [-0.2, 0) is 32.0 Å². The van der Waals surface area contributed by atoms with Crippen molar-refractivity contribution in [2.24, 2.45) is 0 Å². The van der Waals surface area contributed by atoms with Gasteiger partial charge in [0.25, 0.3) is 11.1 Å². The number of β-lactam (4-membered cyclic amide) rings is 1. The van der Waals surface area contributed by atoms with Crippen LogP contribution in [0, 0.1) is 0 Å². The molecule has 0 aliphatic carbocycles. The molecule has 168 valence electrons. The van der Waals surface area contributed by atoms with E-state index >= 15 is 0 Å². The normalized spacial score (nSPS) is 20.0. The number of carboxylic acids is 2. The number of carboxylic acid groups (broad SMARTS) is 2. The first-order chi connectivity index (χ1) is 15.3. The summed E-state index contributed by atoms with van der Waals surface area (Å²) in [6, 6.07) is 2.90. The largest absolute Gasteiger partial charge is 0.481 e. The second-order valence-corrected chi connectivity index (χ2v) is 9.85. The van der Waals surface area contributed by atoms with Gasteiger partial charge in [0.15, 0.2) is 0 Å². The molecule has 2 amide bonds. The molecule has 2 aromatic rings. The molecule has 0 saturated carbocycles. The van der Waals surface area contributed by atoms with Crippen molar-refractivity contribution in [1.82, 2.24) is 20.4 Å². The molecule has 3 N–H and O–H groups in total. The lowest BCUT2D eigenvalue weighted by atomic mass is 10.0. The summed E-state index contributed by atoms with van der Waals surface area (Å²) in [4.78, 5) is 49.6. The summed E-state index contributed by atoms with van der Waals surface area (Å²) >= 11 is 3.88. The van der Waals surface area contributed by atoms with E-state index in [0.29, 0.717) is 11.3 Å². The molecule has 32 heavy (non-hydrogen) atoms. The van der Waals surface area contributed by atoms with Crippen molar-refractivity contribution in [3.63, 3.8) is 0 Å². The number of aliphatic carboxylic acids is 2. The summed E-state index contributed by atoms with van der Waals surface area (Å²) in [6.45, 7) is 0. The molecule has 2 atom stereocenters. The van der Waals surface area contributed by atoms with E-state index in [1.165, 1.54) is 28.0 Å². The summed E-state index contributed by atoms with van der Waals surface area (Å²) in [5.41, 5.74) is 0.388. The third-order valence-corrected chi connectivity index (χ3v) is 7.72. The molecule has 0 spiro atoms. The van der Waals surface area contributed by atoms with Crippen molar-refractivity contribution in [3.8, 4) is 0 Å². The molecule has 1 saturated heterocycles. The lowest BCUT2D eigenvalue weighted by Crippen LogP contribution is -2.70. The number of nitrogens with one attached hydrogen (secondary N) is 1. The van der Waals surface area contributed by atoms with Crippen molar-refractivity contribution in [2.75, 3.05) is 11.5 Å². The minimum absolute atomic E-state index is 0.0513. The number of hydrogen-bond acceptors (Lipinski definition) is 10. The molecule has 1 unspecified atom stereocenters. The van der Waals surface area contributed by atoms with E-state index in [0.717, 1.165) is 16.6 Å². The summed E-state index contributed by atoms with van der Waals surface area (Å²) in [5.74, 6) is -2.63. The molecule has 4 heterocycles. The van der Waals surface area contributed by atoms with Crippen LogP contribution in [0.25, 0.3) is 0 Å². The number of hydrogen-bond donors (Lipinski definition) is 3. The molecule has 11 nitrogen and oxygen atoms in total. The Hall–Kier alpha value is -2.84. The lowest BCUT2D eigenvalue weighted by molar-refractivity contribution is -0.150. The maximum atomic E-state index is 12.7. The van der Waals surface area contributed by atoms with Crippen LogP contribution in [0.2, 0.25) is 0 Å². The molecule has 0 radical (unpaired) electrons. The van der Waals surface area contributed by atoms with Crippen LogP contribution >= 0.6 is 34.9 Å². The Morgan fingerprint density at radius 3 is 2.78 bits per heavy atom. The molecule has 2 aromatic heterocycles. The van der Waals surface area contributed by atoms with Crippen LogP contribution in [0.4, 0.5) is 0 Å². The molecule has 2 aliphatic heterocycles. The number of aromatic nitrogens is 2. The maximum Gasteiger partial charge on any atom is 0.352 e. The van der Waals surface area contributed by atoms with Gasteiger partial charge in [-0.15, -0.1) is 33.3 Å². The van der Waals surface area contributed by atoms with E-state index in [1.807, 2.05) is 17.5 Å². The minimum Gasteiger partial charge on any atom is -0.481 e. The predicted molar refractivity (Wildman–Crippen MR) is 114 cm³/mol. The third-order valence-electron chi connectivity index (χ3n) is 4.60. The second kappa shape index (κ2) is 9.34. The van der Waals surface area contributed by atoms with Gasteiger partial charge < -0.3 is 19.9 Å². The first-order valence-corrected chi connectivity index (χ1v) is 12.1. The number of carbonyl (C=O) groups is 4. The van der Waals surface area contributed by atoms with Crippen molar-refractivity contribution in [1.29, 1.82) is 0 Å². The average molecular weight is 497 g/mol. The standard InChI is InChI=1S/C18H16N4O7S3/c23-10(4-9-2-1-3-30-9)19-13-15(26)22-14(17(27)28)8(6-31-16(13)22)7-32-18-21-20-11(29-18)5-12(24)25/h1-3,13,16H,4-7H2,(H,19,23)(H,24,25)(H,27,28)/t13?,16-/m0/s1. The van der Waals surface area contributed by atoms with E-state index in [2.05, 4.69) is 15.5 Å². The highest BCUT2D eigenvalue weighted by molar-refractivity contribution is 8.01. The van der Waals surface area contributed by atoms with Crippen molar-refractivity contribution < 1.29 is 33.8 Å². The summed E-state index contributed by atoms with van der Waals surface area (Å²) in [6.07, 6.45) is -0.244. The summed E-state index contributed by atoms with van der Waals surface area (Å²) in [7, 11) is 0. The molecule has 0 bridgehead atoms. The van der Waals surface area contributed by atoms with Gasteiger partial charge in [-0.1, -0.05) is 17.8 Å². The van der Waals surface area contributed by atoms with Gasteiger partial charge in [0.05, 0.1) is 6.42 Å². The van der Waals surface area contributed by atoms with Crippen LogP contribution in [0.15, 0.2) is 38.4 Å². The van der Waals surface area contributed by atoms with E-state index < -0.39 is 35.7 Å². The number of rotatable bonds is 9. The quantitative estimate of drug-likeness (QED) is 0.333. The van der Waals surface area contributed by atoms with Crippen molar-refractivity contribution >= 4 is 58.6 Å². The smallest absolute Gasteiger partial charge is 0.352 e. The molecular weight excluding hydrogens is 480 g/mol. The van der Waals surface area contributed by atoms with Crippen LogP contribution in [0.5, 0.6) is 0 Å². The Labute approximate surface area is 193 Å². The molecule has 2 aliphatic rings. The van der Waals surface area contributed by atoms with Crippen LogP contribution in [-0.4, -0.2) is 72.0 Å². The molecule has 0 aromatic carbocycles. The van der Waals surface area contributed by atoms with Gasteiger partial charge in [-0.05, 0) is 17.0 Å². The minimum atomic E-state index is -1.24. The van der Waals surface area contributed by atoms with Gasteiger partial charge >= 0.3 is 11.9 Å². The highest BCUT2D eigenvalue weighted by Gasteiger charge is 2.54. The Balaban J connectivity index is 1.41. The van der Waals surface area contributed by atoms with Crippen LogP contribution in [0.3, 0.4) is 0 Å². The first kappa shape index (κ1) is 22.4. The van der Waals surface area contributed by atoms with Gasteiger partial charge in [-0.3, -0.25) is 19.3 Å². The van der Waals surface area contributed by atoms with E-state index in [1.54, 1.807) is 0 Å². The topological polar surface area (TPSA) is 163 Å². The Bertz CT molecular complexity index is 1100. The molecular formula is C18H16N4O7S3. The number of thioether (sulfide) groups is 2. The zero-order valence-corrected chi connectivity index (χ0v) is 18.7. The number of amides is 2. The Kier molecular flexibility index (Phi) is 6.53. The lowest BCUT2D eigenvalue weighted by Gasteiger charge is -2.49. The number of thiophene rings is 1. The van der Waals surface area contributed by atoms with Gasteiger partial charge in [0.1, 0.15) is 23.5 Å². The van der Waals surface area contributed by atoms with Gasteiger partial charge in [-0.2, -0.15) is 0 Å². The predicted octanol–water partition coefficient (Wildman–Crippen LogP) is 0.832. The van der Waals surface area contributed by atoms with Gasteiger partial charge in [-0.25, -0.2) is 4.79 Å². The number of fused-ring (bicyclic) bond motifs is 1. The zero-order chi connectivity index (χ0) is 22.8. The van der Waals surface area contributed by atoms with Crippen molar-refractivity contribution in [3.05, 3.63) is 39.6 Å². The highest BCUT2D eigenvalue weighted by Crippen LogP contribution is 2.41. The summed E-state index contributed by atoms with van der Waals surface area (Å²) < 4.78 is 5.22. The van der Waals surface area contributed by atoms with Crippen LogP contribution < -0.4 is 5.32 Å². The number of carbonyl (C=O) groups excluding carboxylic acids is 2.